The SMILES string of the molecule is c1ccc2cc(-c3ccc(-c4nc(-c5cccc6oc7ccccc7c56)nc(-c5cncc6oc7ccccc7c56)n4)cc3)ccc2c1. The molecule has 0 bridgehead atoms. The second kappa shape index (κ2) is 10.4. The molecule has 6 heteroatoms. The van der Waals surface area contributed by atoms with Crippen LogP contribution in [0.15, 0.2) is 155 Å². The third kappa shape index (κ3) is 4.20. The molecule has 6 nitrogen and oxygen atoms in total. The van der Waals surface area contributed by atoms with Crippen LogP contribution in [0.25, 0.3) is 99.9 Å². The Bertz CT molecular complexity index is 2720. The van der Waals surface area contributed by atoms with Crippen molar-refractivity contribution in [2.75, 3.05) is 0 Å². The van der Waals surface area contributed by atoms with Crippen LogP contribution in [-0.2, 0) is 0 Å². The molecule has 0 fully saturated rings. The average Bonchev–Trinajstić information content (AvgIpc) is 3.73. The Morgan fingerprint density at radius 2 is 0.958 bits per heavy atom. The number of fused-ring (bicyclic) bond motifs is 7. The maximum atomic E-state index is 6.23. The van der Waals surface area contributed by atoms with Crippen molar-refractivity contribution >= 4 is 54.6 Å². The van der Waals surface area contributed by atoms with E-state index in [0.717, 1.165) is 66.1 Å². The van der Waals surface area contributed by atoms with Crippen molar-refractivity contribution in [1.29, 1.82) is 0 Å². The largest absolute Gasteiger partial charge is 0.456 e. The Balaban J connectivity index is 1.19. The molecule has 0 aliphatic rings. The predicted octanol–water partition coefficient (Wildman–Crippen LogP) is 10.9. The highest BCUT2D eigenvalue weighted by atomic mass is 16.3. The van der Waals surface area contributed by atoms with E-state index in [9.17, 15) is 0 Å². The van der Waals surface area contributed by atoms with Crippen LogP contribution in [0.5, 0.6) is 0 Å². The van der Waals surface area contributed by atoms with Gasteiger partial charge in [-0.1, -0.05) is 109 Å². The summed E-state index contributed by atoms with van der Waals surface area (Å²) in [6.45, 7) is 0. The summed E-state index contributed by atoms with van der Waals surface area (Å²) in [5.41, 5.74) is 7.86. The van der Waals surface area contributed by atoms with E-state index < -0.39 is 0 Å². The molecule has 0 radical (unpaired) electrons. The zero-order valence-corrected chi connectivity index (χ0v) is 25.5. The van der Waals surface area contributed by atoms with Crippen LogP contribution < -0.4 is 0 Å². The van der Waals surface area contributed by atoms with E-state index >= 15 is 0 Å². The number of rotatable bonds is 4. The summed E-state index contributed by atoms with van der Waals surface area (Å²) >= 11 is 0. The number of benzene rings is 6. The monoisotopic (exact) mass is 616 g/mol. The van der Waals surface area contributed by atoms with E-state index in [-0.39, 0.29) is 0 Å². The second-order valence-corrected chi connectivity index (χ2v) is 11.9. The van der Waals surface area contributed by atoms with Crippen molar-refractivity contribution in [3.63, 3.8) is 0 Å². The molecule has 224 valence electrons. The topological polar surface area (TPSA) is 77.8 Å². The van der Waals surface area contributed by atoms with Gasteiger partial charge in [0.2, 0.25) is 0 Å². The maximum absolute atomic E-state index is 6.23. The Morgan fingerprint density at radius 3 is 1.75 bits per heavy atom. The van der Waals surface area contributed by atoms with Gasteiger partial charge in [-0.2, -0.15) is 0 Å². The fourth-order valence-corrected chi connectivity index (χ4v) is 6.73. The molecule has 10 aromatic rings. The minimum Gasteiger partial charge on any atom is -0.456 e. The van der Waals surface area contributed by atoms with Crippen LogP contribution in [0.3, 0.4) is 0 Å². The number of furan rings is 2. The Kier molecular flexibility index (Phi) is 5.77. The van der Waals surface area contributed by atoms with Gasteiger partial charge >= 0.3 is 0 Å². The van der Waals surface area contributed by atoms with Crippen molar-refractivity contribution in [2.45, 2.75) is 0 Å². The van der Waals surface area contributed by atoms with Crippen LogP contribution >= 0.6 is 0 Å². The molecule has 0 unspecified atom stereocenters. The molecule has 10 rings (SSSR count). The predicted molar refractivity (Wildman–Crippen MR) is 191 cm³/mol. The van der Waals surface area contributed by atoms with Crippen molar-refractivity contribution in [3.05, 3.63) is 146 Å². The van der Waals surface area contributed by atoms with Gasteiger partial charge < -0.3 is 8.83 Å². The highest BCUT2D eigenvalue weighted by molar-refractivity contribution is 6.13. The second-order valence-electron chi connectivity index (χ2n) is 11.9. The maximum Gasteiger partial charge on any atom is 0.166 e. The summed E-state index contributed by atoms with van der Waals surface area (Å²) in [4.78, 5) is 19.8. The van der Waals surface area contributed by atoms with Gasteiger partial charge in [-0.05, 0) is 46.2 Å². The average molecular weight is 617 g/mol. The Morgan fingerprint density at radius 1 is 0.375 bits per heavy atom. The molecule has 48 heavy (non-hydrogen) atoms. The minimum atomic E-state index is 0.517. The molecular weight excluding hydrogens is 592 g/mol. The lowest BCUT2D eigenvalue weighted by atomic mass is 10.00. The van der Waals surface area contributed by atoms with Crippen LogP contribution in [0, 0.1) is 0 Å². The summed E-state index contributed by atoms with van der Waals surface area (Å²) in [7, 11) is 0. The lowest BCUT2D eigenvalue weighted by Crippen LogP contribution is -2.01. The summed E-state index contributed by atoms with van der Waals surface area (Å²) < 4.78 is 12.4. The van der Waals surface area contributed by atoms with E-state index in [0.29, 0.717) is 23.1 Å². The minimum absolute atomic E-state index is 0.517. The highest BCUT2D eigenvalue weighted by Crippen LogP contribution is 2.39. The van der Waals surface area contributed by atoms with Gasteiger partial charge in [-0.15, -0.1) is 0 Å². The quantitative estimate of drug-likeness (QED) is 0.196. The summed E-state index contributed by atoms with van der Waals surface area (Å²) in [6, 6.07) is 45.4. The fourth-order valence-electron chi connectivity index (χ4n) is 6.73. The summed E-state index contributed by atoms with van der Waals surface area (Å²) in [5.74, 6) is 1.63. The van der Waals surface area contributed by atoms with E-state index in [4.69, 9.17) is 23.8 Å². The molecule has 0 aliphatic heterocycles. The number of pyridine rings is 1. The van der Waals surface area contributed by atoms with Crippen LogP contribution in [0.2, 0.25) is 0 Å². The van der Waals surface area contributed by atoms with E-state index in [1.807, 2.05) is 60.8 Å². The van der Waals surface area contributed by atoms with Gasteiger partial charge in [0.15, 0.2) is 23.1 Å². The highest BCUT2D eigenvalue weighted by Gasteiger charge is 2.20. The molecule has 0 saturated carbocycles. The first-order valence-electron chi connectivity index (χ1n) is 15.8. The number of nitrogens with zero attached hydrogens (tertiary/aromatic N) is 4. The van der Waals surface area contributed by atoms with Gasteiger partial charge in [0, 0.05) is 44.4 Å². The molecule has 4 heterocycles. The first kappa shape index (κ1) is 26.5. The molecular formula is C42H24N4O2. The Hall–Kier alpha value is -6.66. The van der Waals surface area contributed by atoms with Crippen LogP contribution in [0.1, 0.15) is 0 Å². The number of hydrogen-bond acceptors (Lipinski definition) is 6. The molecule has 4 aromatic heterocycles. The van der Waals surface area contributed by atoms with Crippen molar-refractivity contribution < 1.29 is 8.83 Å². The van der Waals surface area contributed by atoms with Crippen molar-refractivity contribution in [3.8, 4) is 45.3 Å². The summed E-state index contributed by atoms with van der Waals surface area (Å²) in [6.07, 6.45) is 3.55. The summed E-state index contributed by atoms with van der Waals surface area (Å²) in [5, 5.41) is 6.31. The molecule has 0 N–H and O–H groups in total. The normalized spacial score (nSPS) is 11.8. The number of hydrogen-bond donors (Lipinski definition) is 0. The van der Waals surface area contributed by atoms with E-state index in [1.165, 1.54) is 10.8 Å². The molecule has 0 aliphatic carbocycles. The molecule has 0 amide bonds. The number of aromatic nitrogens is 4. The van der Waals surface area contributed by atoms with Crippen molar-refractivity contribution in [2.24, 2.45) is 0 Å². The van der Waals surface area contributed by atoms with Crippen LogP contribution in [0.4, 0.5) is 0 Å². The first-order chi connectivity index (χ1) is 23.8. The standard InChI is InChI=1S/C42H24N4O2/c1-2-9-28-22-29(21-18-25(28)8-1)26-16-19-27(20-17-26)40-44-41(32-12-7-15-36-38(32)30-10-3-5-13-34(30)47-36)46-42(45-40)33-23-43-24-37-39(33)31-11-4-6-14-35(31)48-37/h1-24H. The van der Waals surface area contributed by atoms with E-state index in [1.54, 1.807) is 6.20 Å². The lowest BCUT2D eigenvalue weighted by Gasteiger charge is -2.10. The molecule has 0 saturated heterocycles. The molecule has 6 aromatic carbocycles. The van der Waals surface area contributed by atoms with Gasteiger partial charge in [0.25, 0.3) is 0 Å². The third-order valence-corrected chi connectivity index (χ3v) is 9.03. The first-order valence-corrected chi connectivity index (χ1v) is 15.8. The zero-order valence-electron chi connectivity index (χ0n) is 25.5. The molecule has 0 spiro atoms. The van der Waals surface area contributed by atoms with Gasteiger partial charge in [0.05, 0.1) is 6.20 Å². The third-order valence-electron chi connectivity index (χ3n) is 9.03. The van der Waals surface area contributed by atoms with Crippen molar-refractivity contribution in [1.82, 2.24) is 19.9 Å². The lowest BCUT2D eigenvalue weighted by molar-refractivity contribution is 0.667. The zero-order chi connectivity index (χ0) is 31.6. The van der Waals surface area contributed by atoms with E-state index in [2.05, 4.69) is 83.8 Å². The molecule has 0 atom stereocenters. The van der Waals surface area contributed by atoms with Gasteiger partial charge in [-0.25, -0.2) is 15.0 Å². The Labute approximate surface area is 274 Å². The van der Waals surface area contributed by atoms with Gasteiger partial charge in [-0.3, -0.25) is 4.98 Å². The fraction of sp³-hybridized carbons (Fsp3) is 0. The number of para-hydroxylation sites is 2. The van der Waals surface area contributed by atoms with Crippen LogP contribution in [-0.4, -0.2) is 19.9 Å². The van der Waals surface area contributed by atoms with Gasteiger partial charge in [0.1, 0.15) is 16.7 Å². The smallest absolute Gasteiger partial charge is 0.166 e.